The Morgan fingerprint density at radius 3 is 2.57 bits per heavy atom. The molecule has 1 rings (SSSR count). The molecule has 0 aromatic carbocycles. The van der Waals surface area contributed by atoms with Gasteiger partial charge in [0.25, 0.3) is 0 Å². The summed E-state index contributed by atoms with van der Waals surface area (Å²) >= 11 is 0. The molecule has 1 heterocycles. The van der Waals surface area contributed by atoms with Gasteiger partial charge in [-0.3, -0.25) is 4.79 Å². The number of carbonyl (C=O) groups excluding carboxylic acids is 1. The normalized spacial score (nSPS) is 22.2. The van der Waals surface area contributed by atoms with Gasteiger partial charge in [0.05, 0.1) is 5.41 Å². The van der Waals surface area contributed by atoms with E-state index in [-0.39, 0.29) is 12.6 Å². The molecule has 0 spiro atoms. The highest BCUT2D eigenvalue weighted by Gasteiger charge is 2.32. The molecule has 0 bridgehead atoms. The van der Waals surface area contributed by atoms with E-state index in [2.05, 4.69) is 12.2 Å². The SMILES string of the molecule is CCCC1CCCN(C(=O)NCC(C)(CC)C(=O)O)CC1. The third kappa shape index (κ3) is 5.21. The quantitative estimate of drug-likeness (QED) is 0.791. The summed E-state index contributed by atoms with van der Waals surface area (Å²) in [7, 11) is 0. The first-order chi connectivity index (χ1) is 9.92. The van der Waals surface area contributed by atoms with Crippen LogP contribution in [0.4, 0.5) is 4.79 Å². The maximum absolute atomic E-state index is 12.2. The minimum absolute atomic E-state index is 0.118. The summed E-state index contributed by atoms with van der Waals surface area (Å²) < 4.78 is 0. The Labute approximate surface area is 128 Å². The number of carboxylic acid groups (broad SMARTS) is 1. The molecule has 1 aliphatic rings. The Morgan fingerprint density at radius 1 is 1.29 bits per heavy atom. The van der Waals surface area contributed by atoms with Gasteiger partial charge in [0, 0.05) is 19.6 Å². The van der Waals surface area contributed by atoms with E-state index in [0.717, 1.165) is 31.8 Å². The Hall–Kier alpha value is -1.26. The van der Waals surface area contributed by atoms with Crippen LogP contribution in [0.25, 0.3) is 0 Å². The average molecular weight is 298 g/mol. The number of rotatable bonds is 6. The first-order valence-electron chi connectivity index (χ1n) is 8.19. The van der Waals surface area contributed by atoms with Crippen molar-refractivity contribution in [1.82, 2.24) is 10.2 Å². The number of urea groups is 1. The second kappa shape index (κ2) is 8.25. The highest BCUT2D eigenvalue weighted by atomic mass is 16.4. The summed E-state index contributed by atoms with van der Waals surface area (Å²) in [5, 5.41) is 12.0. The molecule has 1 aliphatic heterocycles. The Kier molecular flexibility index (Phi) is 6.99. The molecule has 2 N–H and O–H groups in total. The summed E-state index contributed by atoms with van der Waals surface area (Å²) in [6, 6.07) is -0.118. The fourth-order valence-electron chi connectivity index (χ4n) is 2.80. The van der Waals surface area contributed by atoms with E-state index in [1.165, 1.54) is 19.3 Å². The van der Waals surface area contributed by atoms with Crippen molar-refractivity contribution < 1.29 is 14.7 Å². The van der Waals surface area contributed by atoms with Crippen molar-refractivity contribution in [3.8, 4) is 0 Å². The number of nitrogens with zero attached hydrogens (tertiary/aromatic N) is 1. The number of carbonyl (C=O) groups is 2. The number of hydrogen-bond donors (Lipinski definition) is 2. The summed E-state index contributed by atoms with van der Waals surface area (Å²) in [6.07, 6.45) is 6.24. The first kappa shape index (κ1) is 17.8. The van der Waals surface area contributed by atoms with Gasteiger partial charge in [0.15, 0.2) is 0 Å². The maximum atomic E-state index is 12.2. The zero-order valence-electron chi connectivity index (χ0n) is 13.7. The van der Waals surface area contributed by atoms with Crippen LogP contribution >= 0.6 is 0 Å². The molecule has 0 aromatic heterocycles. The van der Waals surface area contributed by atoms with Crippen molar-refractivity contribution in [3.05, 3.63) is 0 Å². The molecular weight excluding hydrogens is 268 g/mol. The largest absolute Gasteiger partial charge is 0.481 e. The van der Waals surface area contributed by atoms with Gasteiger partial charge in [-0.2, -0.15) is 0 Å². The van der Waals surface area contributed by atoms with Gasteiger partial charge in [-0.1, -0.05) is 26.7 Å². The minimum atomic E-state index is -0.883. The van der Waals surface area contributed by atoms with Crippen molar-refractivity contribution in [2.45, 2.75) is 59.3 Å². The third-order valence-electron chi connectivity index (χ3n) is 4.76. The predicted octanol–water partition coefficient (Wildman–Crippen LogP) is 3.10. The second-order valence-electron chi connectivity index (χ2n) is 6.45. The molecule has 0 aromatic rings. The van der Waals surface area contributed by atoms with E-state index >= 15 is 0 Å². The smallest absolute Gasteiger partial charge is 0.317 e. The number of nitrogens with one attached hydrogen (secondary N) is 1. The van der Waals surface area contributed by atoms with Crippen LogP contribution in [0.2, 0.25) is 0 Å². The van der Waals surface area contributed by atoms with Crippen LogP contribution in [0, 0.1) is 11.3 Å². The van der Waals surface area contributed by atoms with Crippen molar-refractivity contribution >= 4 is 12.0 Å². The Bertz CT molecular complexity index is 359. The van der Waals surface area contributed by atoms with Crippen molar-refractivity contribution in [3.63, 3.8) is 0 Å². The molecule has 5 heteroatoms. The van der Waals surface area contributed by atoms with Gasteiger partial charge in [-0.25, -0.2) is 4.79 Å². The van der Waals surface area contributed by atoms with Gasteiger partial charge in [-0.15, -0.1) is 0 Å². The van der Waals surface area contributed by atoms with Crippen LogP contribution in [-0.4, -0.2) is 41.6 Å². The molecule has 2 amide bonds. The van der Waals surface area contributed by atoms with E-state index in [4.69, 9.17) is 0 Å². The lowest BCUT2D eigenvalue weighted by Gasteiger charge is -2.26. The van der Waals surface area contributed by atoms with Crippen LogP contribution in [0.15, 0.2) is 0 Å². The van der Waals surface area contributed by atoms with Crippen LogP contribution in [0.3, 0.4) is 0 Å². The van der Waals surface area contributed by atoms with Crippen molar-refractivity contribution in [1.29, 1.82) is 0 Å². The minimum Gasteiger partial charge on any atom is -0.481 e. The van der Waals surface area contributed by atoms with E-state index < -0.39 is 11.4 Å². The highest BCUT2D eigenvalue weighted by molar-refractivity contribution is 5.77. The molecule has 0 saturated carbocycles. The van der Waals surface area contributed by atoms with E-state index in [0.29, 0.717) is 6.42 Å². The number of likely N-dealkylation sites (tertiary alicyclic amines) is 1. The first-order valence-corrected chi connectivity index (χ1v) is 8.19. The zero-order chi connectivity index (χ0) is 15.9. The molecule has 21 heavy (non-hydrogen) atoms. The van der Waals surface area contributed by atoms with Crippen LogP contribution < -0.4 is 5.32 Å². The van der Waals surface area contributed by atoms with E-state index in [1.54, 1.807) is 6.92 Å². The standard InChI is InChI=1S/C16H30N2O3/c1-4-7-13-8-6-10-18(11-9-13)15(21)17-12-16(3,5-2)14(19)20/h13H,4-12H2,1-3H3,(H,17,21)(H,19,20). The molecule has 0 radical (unpaired) electrons. The number of aliphatic carboxylic acids is 1. The lowest BCUT2D eigenvalue weighted by Crippen LogP contribution is -2.46. The lowest BCUT2D eigenvalue weighted by atomic mass is 9.88. The van der Waals surface area contributed by atoms with Crippen LogP contribution in [-0.2, 0) is 4.79 Å². The molecule has 2 unspecified atom stereocenters. The zero-order valence-corrected chi connectivity index (χ0v) is 13.7. The monoisotopic (exact) mass is 298 g/mol. The van der Waals surface area contributed by atoms with Gasteiger partial charge in [-0.05, 0) is 38.5 Å². The fraction of sp³-hybridized carbons (Fsp3) is 0.875. The van der Waals surface area contributed by atoms with E-state index in [9.17, 15) is 14.7 Å². The maximum Gasteiger partial charge on any atom is 0.317 e. The summed E-state index contributed by atoms with van der Waals surface area (Å²) in [6.45, 7) is 7.46. The molecular formula is C16H30N2O3. The summed E-state index contributed by atoms with van der Waals surface area (Å²) in [4.78, 5) is 25.3. The predicted molar refractivity (Wildman–Crippen MR) is 83.3 cm³/mol. The highest BCUT2D eigenvalue weighted by Crippen LogP contribution is 2.23. The van der Waals surface area contributed by atoms with Gasteiger partial charge in [0.1, 0.15) is 0 Å². The third-order valence-corrected chi connectivity index (χ3v) is 4.76. The Balaban J connectivity index is 2.47. The second-order valence-corrected chi connectivity index (χ2v) is 6.45. The molecule has 2 atom stereocenters. The fourth-order valence-corrected chi connectivity index (χ4v) is 2.80. The molecule has 1 fully saturated rings. The number of hydrogen-bond acceptors (Lipinski definition) is 2. The van der Waals surface area contributed by atoms with Crippen LogP contribution in [0.5, 0.6) is 0 Å². The van der Waals surface area contributed by atoms with Crippen molar-refractivity contribution in [2.24, 2.45) is 11.3 Å². The van der Waals surface area contributed by atoms with Crippen LogP contribution in [0.1, 0.15) is 59.3 Å². The molecule has 0 aliphatic carbocycles. The summed E-state index contributed by atoms with van der Waals surface area (Å²) in [5.74, 6) is -0.128. The lowest BCUT2D eigenvalue weighted by molar-refractivity contribution is -0.147. The topological polar surface area (TPSA) is 69.6 Å². The van der Waals surface area contributed by atoms with Crippen molar-refractivity contribution in [2.75, 3.05) is 19.6 Å². The molecule has 1 saturated heterocycles. The van der Waals surface area contributed by atoms with Gasteiger partial charge < -0.3 is 15.3 Å². The Morgan fingerprint density at radius 2 is 2.00 bits per heavy atom. The molecule has 122 valence electrons. The van der Waals surface area contributed by atoms with E-state index in [1.807, 2.05) is 11.8 Å². The average Bonchev–Trinajstić information content (AvgIpc) is 2.70. The number of amides is 2. The molecule has 5 nitrogen and oxygen atoms in total. The van der Waals surface area contributed by atoms with Gasteiger partial charge in [0.2, 0.25) is 0 Å². The summed E-state index contributed by atoms with van der Waals surface area (Å²) in [5.41, 5.74) is -0.883. The number of carboxylic acids is 1. The van der Waals surface area contributed by atoms with Gasteiger partial charge >= 0.3 is 12.0 Å².